The van der Waals surface area contributed by atoms with Gasteiger partial charge in [-0.15, -0.1) is 10.2 Å². The van der Waals surface area contributed by atoms with Crippen molar-refractivity contribution in [1.29, 1.82) is 0 Å². The third-order valence-electron chi connectivity index (χ3n) is 5.38. The molecule has 1 aromatic carbocycles. The van der Waals surface area contributed by atoms with Crippen molar-refractivity contribution in [3.8, 4) is 0 Å². The second-order valence-corrected chi connectivity index (χ2v) is 8.56. The van der Waals surface area contributed by atoms with Crippen LogP contribution in [0.15, 0.2) is 28.7 Å². The zero-order chi connectivity index (χ0) is 20.3. The van der Waals surface area contributed by atoms with Gasteiger partial charge in [-0.1, -0.05) is 45.0 Å². The molecule has 1 fully saturated rings. The Balaban J connectivity index is 1.47. The molecule has 0 unspecified atom stereocenters. The molecule has 3 rings (SSSR count). The van der Waals surface area contributed by atoms with Gasteiger partial charge in [0.1, 0.15) is 0 Å². The van der Waals surface area contributed by atoms with E-state index in [4.69, 9.17) is 4.42 Å². The molecule has 0 N–H and O–H groups in total. The van der Waals surface area contributed by atoms with Crippen molar-refractivity contribution in [2.45, 2.75) is 64.7 Å². The van der Waals surface area contributed by atoms with Crippen LogP contribution in [0.2, 0.25) is 0 Å². The van der Waals surface area contributed by atoms with Crippen LogP contribution in [0.5, 0.6) is 0 Å². The molecule has 1 aromatic heterocycles. The molecule has 0 spiro atoms. The van der Waals surface area contributed by atoms with E-state index in [1.165, 1.54) is 5.56 Å². The van der Waals surface area contributed by atoms with Gasteiger partial charge in [-0.05, 0) is 23.8 Å². The van der Waals surface area contributed by atoms with E-state index < -0.39 is 0 Å². The summed E-state index contributed by atoms with van der Waals surface area (Å²) in [5.41, 5.74) is 1.93. The minimum Gasteiger partial charge on any atom is -0.425 e. The molecule has 0 saturated carbocycles. The Bertz CT molecular complexity index is 825. The highest BCUT2D eigenvalue weighted by atomic mass is 16.4. The van der Waals surface area contributed by atoms with Gasteiger partial charge >= 0.3 is 0 Å². The van der Waals surface area contributed by atoms with Gasteiger partial charge in [0.25, 0.3) is 0 Å². The predicted octanol–water partition coefficient (Wildman–Crippen LogP) is 4.04. The van der Waals surface area contributed by atoms with E-state index in [-0.39, 0.29) is 35.9 Å². The molecule has 6 nitrogen and oxygen atoms in total. The Kier molecular flexibility index (Phi) is 5.96. The molecule has 0 radical (unpaired) electrons. The SMILES string of the molecule is Cc1nnc(C2CCN(C(=O)CCC(=O)c3ccc(C(C)(C)C)cc3)CC2)o1. The third-order valence-corrected chi connectivity index (χ3v) is 5.38. The number of hydrogen-bond acceptors (Lipinski definition) is 5. The number of carbonyl (C=O) groups is 2. The Labute approximate surface area is 166 Å². The van der Waals surface area contributed by atoms with Crippen LogP contribution >= 0.6 is 0 Å². The molecule has 0 aliphatic carbocycles. The van der Waals surface area contributed by atoms with E-state index in [0.29, 0.717) is 30.4 Å². The summed E-state index contributed by atoms with van der Waals surface area (Å²) in [5.74, 6) is 1.51. The molecule has 150 valence electrons. The number of hydrogen-bond donors (Lipinski definition) is 0. The van der Waals surface area contributed by atoms with Crippen LogP contribution in [-0.4, -0.2) is 39.9 Å². The van der Waals surface area contributed by atoms with Gasteiger partial charge in [0.05, 0.1) is 0 Å². The fourth-order valence-corrected chi connectivity index (χ4v) is 3.53. The summed E-state index contributed by atoms with van der Waals surface area (Å²) < 4.78 is 5.51. The Morgan fingerprint density at radius 3 is 2.25 bits per heavy atom. The Morgan fingerprint density at radius 1 is 1.07 bits per heavy atom. The summed E-state index contributed by atoms with van der Waals surface area (Å²) in [6.45, 7) is 9.55. The number of piperidine rings is 1. The molecule has 0 atom stereocenters. The van der Waals surface area contributed by atoms with Crippen LogP contribution in [0.1, 0.15) is 80.1 Å². The molecule has 1 amide bonds. The van der Waals surface area contributed by atoms with Gasteiger partial charge in [-0.2, -0.15) is 0 Å². The summed E-state index contributed by atoms with van der Waals surface area (Å²) in [5, 5.41) is 7.97. The predicted molar refractivity (Wildman–Crippen MR) is 106 cm³/mol. The maximum absolute atomic E-state index is 12.5. The normalized spacial score (nSPS) is 15.6. The second-order valence-electron chi connectivity index (χ2n) is 8.56. The highest BCUT2D eigenvalue weighted by molar-refractivity contribution is 5.98. The van der Waals surface area contributed by atoms with Crippen LogP contribution in [-0.2, 0) is 10.2 Å². The summed E-state index contributed by atoms with van der Waals surface area (Å²) in [6.07, 6.45) is 2.13. The number of carbonyl (C=O) groups excluding carboxylic acids is 2. The molecular weight excluding hydrogens is 354 g/mol. The third kappa shape index (κ3) is 4.86. The maximum atomic E-state index is 12.5. The zero-order valence-electron chi connectivity index (χ0n) is 17.2. The maximum Gasteiger partial charge on any atom is 0.223 e. The number of ketones is 1. The van der Waals surface area contributed by atoms with Gasteiger partial charge in [0.2, 0.25) is 17.7 Å². The molecule has 2 aromatic rings. The number of amides is 1. The first-order valence-corrected chi connectivity index (χ1v) is 9.95. The van der Waals surface area contributed by atoms with Crippen molar-refractivity contribution in [1.82, 2.24) is 15.1 Å². The molecule has 1 aliphatic heterocycles. The average molecular weight is 383 g/mol. The number of aromatic nitrogens is 2. The van der Waals surface area contributed by atoms with Gasteiger partial charge in [-0.25, -0.2) is 0 Å². The quantitative estimate of drug-likeness (QED) is 0.728. The first-order valence-electron chi connectivity index (χ1n) is 9.95. The van der Waals surface area contributed by atoms with Gasteiger partial charge in [0.15, 0.2) is 5.78 Å². The monoisotopic (exact) mass is 383 g/mol. The van der Waals surface area contributed by atoms with E-state index in [1.54, 1.807) is 6.92 Å². The first kappa shape index (κ1) is 20.2. The van der Waals surface area contributed by atoms with Gasteiger partial charge in [-0.3, -0.25) is 9.59 Å². The van der Waals surface area contributed by atoms with Gasteiger partial charge in [0, 0.05) is 44.3 Å². The van der Waals surface area contributed by atoms with Crippen LogP contribution in [0.3, 0.4) is 0 Å². The van der Waals surface area contributed by atoms with Crippen molar-refractivity contribution in [3.05, 3.63) is 47.2 Å². The van der Waals surface area contributed by atoms with E-state index in [0.717, 1.165) is 12.8 Å². The van der Waals surface area contributed by atoms with E-state index >= 15 is 0 Å². The van der Waals surface area contributed by atoms with Crippen molar-refractivity contribution in [3.63, 3.8) is 0 Å². The highest BCUT2D eigenvalue weighted by Crippen LogP contribution is 2.27. The minimum atomic E-state index is 0.0185. The molecule has 2 heterocycles. The summed E-state index contributed by atoms with van der Waals surface area (Å²) in [6, 6.07) is 7.73. The van der Waals surface area contributed by atoms with Crippen LogP contribution in [0, 0.1) is 6.92 Å². The first-order chi connectivity index (χ1) is 13.2. The lowest BCUT2D eigenvalue weighted by molar-refractivity contribution is -0.132. The summed E-state index contributed by atoms with van der Waals surface area (Å²) in [7, 11) is 0. The zero-order valence-corrected chi connectivity index (χ0v) is 17.2. The van der Waals surface area contributed by atoms with Crippen molar-refractivity contribution in [2.75, 3.05) is 13.1 Å². The number of Topliss-reactive ketones (excluding diaryl/α,β-unsaturated/α-hetero) is 1. The molecule has 28 heavy (non-hydrogen) atoms. The topological polar surface area (TPSA) is 76.3 Å². The standard InChI is InChI=1S/C22H29N3O3/c1-15-23-24-21(28-15)17-11-13-25(14-12-17)20(27)10-9-19(26)16-5-7-18(8-6-16)22(2,3)4/h5-8,17H,9-14H2,1-4H3. The Hall–Kier alpha value is -2.50. The lowest BCUT2D eigenvalue weighted by Gasteiger charge is -2.30. The van der Waals surface area contributed by atoms with Crippen LogP contribution in [0.25, 0.3) is 0 Å². The molecular formula is C22H29N3O3. The lowest BCUT2D eigenvalue weighted by Crippen LogP contribution is -2.38. The minimum absolute atomic E-state index is 0.0185. The number of rotatable bonds is 5. The van der Waals surface area contributed by atoms with Gasteiger partial charge < -0.3 is 9.32 Å². The fourth-order valence-electron chi connectivity index (χ4n) is 3.53. The van der Waals surface area contributed by atoms with Crippen molar-refractivity contribution >= 4 is 11.7 Å². The molecule has 1 aliphatic rings. The molecule has 6 heteroatoms. The lowest BCUT2D eigenvalue weighted by atomic mass is 9.86. The fraction of sp³-hybridized carbons (Fsp3) is 0.545. The number of likely N-dealkylation sites (tertiary alicyclic amines) is 1. The van der Waals surface area contributed by atoms with Crippen LogP contribution in [0.4, 0.5) is 0 Å². The summed E-state index contributed by atoms with van der Waals surface area (Å²) >= 11 is 0. The smallest absolute Gasteiger partial charge is 0.223 e. The van der Waals surface area contributed by atoms with Crippen molar-refractivity contribution in [2.24, 2.45) is 0 Å². The largest absolute Gasteiger partial charge is 0.425 e. The highest BCUT2D eigenvalue weighted by Gasteiger charge is 2.27. The second kappa shape index (κ2) is 8.25. The summed E-state index contributed by atoms with van der Waals surface area (Å²) in [4.78, 5) is 26.8. The van der Waals surface area contributed by atoms with E-state index in [1.807, 2.05) is 29.2 Å². The van der Waals surface area contributed by atoms with Crippen molar-refractivity contribution < 1.29 is 14.0 Å². The Morgan fingerprint density at radius 2 is 1.71 bits per heavy atom. The number of aryl methyl sites for hydroxylation is 1. The molecule has 0 bridgehead atoms. The van der Waals surface area contributed by atoms with Crippen LogP contribution < -0.4 is 0 Å². The van der Waals surface area contributed by atoms with E-state index in [2.05, 4.69) is 31.0 Å². The average Bonchev–Trinajstić information content (AvgIpc) is 3.11. The number of benzene rings is 1. The number of nitrogens with zero attached hydrogens (tertiary/aromatic N) is 3. The molecule has 1 saturated heterocycles. The van der Waals surface area contributed by atoms with E-state index in [9.17, 15) is 9.59 Å².